The van der Waals surface area contributed by atoms with E-state index in [1.54, 1.807) is 30.5 Å². The summed E-state index contributed by atoms with van der Waals surface area (Å²) in [6.07, 6.45) is 0.155. The van der Waals surface area contributed by atoms with Crippen LogP contribution in [0, 0.1) is 15.5 Å². The molecule has 2 aromatic heterocycles. The Morgan fingerprint density at radius 3 is 2.45 bits per heavy atom. The van der Waals surface area contributed by atoms with Crippen LogP contribution in [0.1, 0.15) is 93.1 Å². The van der Waals surface area contributed by atoms with Gasteiger partial charge in [-0.15, -0.1) is 13.2 Å². The number of anilines is 4. The maximum atomic E-state index is 16.6. The lowest BCUT2D eigenvalue weighted by molar-refractivity contribution is -0.384. The predicted octanol–water partition coefficient (Wildman–Crippen LogP) is 8.71. The SMILES string of the molecule is CC1(OP(=O)(O)O)CCC(F)([C@@H]2COc3cc(S(=O)(=O)NC(=O)c4ccc(N5CCC6(CC5)CC(N5CCCOC[C@H]5c5ccccc5OC(F)(F)F)C6)cc4N4c5cc6cc[nH]c6nc5O[C@H]5COCC[C@@H]54)cc([N+](=O)[O-])c3N2)CC1. The number of phosphoric ester groups is 1. The van der Waals surface area contributed by atoms with Crippen LogP contribution in [0.15, 0.2) is 77.8 Å². The number of amides is 1. The highest BCUT2D eigenvalue weighted by atomic mass is 32.2. The number of pyridine rings is 1. The topological polar surface area (TPSA) is 270 Å². The first kappa shape index (κ1) is 56.2. The van der Waals surface area contributed by atoms with Gasteiger partial charge in [-0.2, -0.15) is 4.98 Å². The number of nitrogens with zero attached hydrogens (tertiary/aromatic N) is 5. The Morgan fingerprint density at radius 2 is 1.71 bits per heavy atom. The lowest BCUT2D eigenvalue weighted by atomic mass is 9.59. The molecule has 82 heavy (non-hydrogen) atoms. The number of ether oxygens (including phenoxy) is 5. The van der Waals surface area contributed by atoms with Crippen LogP contribution in [0.25, 0.3) is 11.0 Å². The van der Waals surface area contributed by atoms with Crippen molar-refractivity contribution in [3.05, 3.63) is 94.2 Å². The minimum absolute atomic E-state index is 0.0280. The number of rotatable bonds is 12. The van der Waals surface area contributed by atoms with Gasteiger partial charge in [0.2, 0.25) is 5.88 Å². The summed E-state index contributed by atoms with van der Waals surface area (Å²) in [5.74, 6) is -1.32. The monoisotopic (exact) mass is 1180 g/mol. The summed E-state index contributed by atoms with van der Waals surface area (Å²) in [4.78, 5) is 59.2. The second-order valence-corrected chi connectivity index (χ2v) is 25.6. The van der Waals surface area contributed by atoms with E-state index in [1.165, 1.54) is 19.1 Å². The average Bonchev–Trinajstić information content (AvgIpc) is 3.91. The molecule has 0 unspecified atom stereocenters. The first-order valence-electron chi connectivity index (χ1n) is 27.3. The minimum atomic E-state index is -4.92. The van der Waals surface area contributed by atoms with Gasteiger partial charge < -0.3 is 53.6 Å². The van der Waals surface area contributed by atoms with Gasteiger partial charge in [0.1, 0.15) is 35.5 Å². The third kappa shape index (κ3) is 11.0. The van der Waals surface area contributed by atoms with Crippen LogP contribution in [0.3, 0.4) is 0 Å². The fraction of sp³-hybridized carbons (Fsp3) is 0.519. The van der Waals surface area contributed by atoms with E-state index in [4.69, 9.17) is 28.5 Å². The number of alkyl halides is 4. The van der Waals surface area contributed by atoms with Gasteiger partial charge in [0.25, 0.3) is 21.6 Å². The standard InChI is InChI=1S/C54H61F4N8O14PS/c1-51(80-81(70,71)72)11-13-53(55,14-12-51)46-31-77-44-26-35(25-40(66(68)69)47(44)60-46)82(73,74)62-49(67)37-8-7-33(24-39(37)65-38-10-22-76-30-45(38)78-50-41(65)23-32-9-17-59-48(32)61-50)63-19-15-52(16-20-63)27-34(28-52)64-18-4-21-75-29-42(64)36-5-2-3-6-43(36)79-54(56,57)58/h2-3,5-9,17,23-26,34,38,42,45-46,60H,4,10-16,18-22,27-31H2,1H3,(H,59,61)(H,62,67)(H2,70,71,72)/t38-,42-,45-,46-,51?,53?/m0/s1. The van der Waals surface area contributed by atoms with Crippen molar-refractivity contribution in [1.82, 2.24) is 19.6 Å². The summed E-state index contributed by atoms with van der Waals surface area (Å²) in [6, 6.07) is 15.0. The highest BCUT2D eigenvalue weighted by Crippen LogP contribution is 2.55. The zero-order valence-electron chi connectivity index (χ0n) is 44.4. The molecule has 7 heterocycles. The first-order chi connectivity index (χ1) is 38.9. The van der Waals surface area contributed by atoms with Gasteiger partial charge in [-0.25, -0.2) is 22.1 Å². The van der Waals surface area contributed by atoms with Crippen molar-refractivity contribution >= 4 is 63.2 Å². The number of H-pyrrole nitrogens is 1. The fourth-order valence-electron chi connectivity index (χ4n) is 13.3. The van der Waals surface area contributed by atoms with Crippen LogP contribution in [-0.4, -0.2) is 138 Å². The molecule has 3 saturated heterocycles. The molecular weight excluding hydrogens is 1120 g/mol. The van der Waals surface area contributed by atoms with Gasteiger partial charge >= 0.3 is 14.2 Å². The molecule has 5 N–H and O–H groups in total. The van der Waals surface area contributed by atoms with Gasteiger partial charge in [0, 0.05) is 73.9 Å². The molecule has 22 nitrogen and oxygen atoms in total. The zero-order chi connectivity index (χ0) is 57.6. The number of piperidine rings is 1. The predicted molar refractivity (Wildman–Crippen MR) is 288 cm³/mol. The van der Waals surface area contributed by atoms with Crippen LogP contribution < -0.4 is 34.0 Å². The van der Waals surface area contributed by atoms with Crippen molar-refractivity contribution < 1.29 is 78.3 Å². The summed E-state index contributed by atoms with van der Waals surface area (Å²) in [5.41, 5.74) is -1.93. The Labute approximate surface area is 468 Å². The zero-order valence-corrected chi connectivity index (χ0v) is 46.2. The third-order valence-electron chi connectivity index (χ3n) is 17.6. The number of fused-ring (bicyclic) bond motifs is 4. The molecule has 2 saturated carbocycles. The Morgan fingerprint density at radius 1 is 0.951 bits per heavy atom. The molecule has 3 aromatic carbocycles. The summed E-state index contributed by atoms with van der Waals surface area (Å²) in [5, 5.41) is 16.3. The maximum Gasteiger partial charge on any atom is 0.573 e. The van der Waals surface area contributed by atoms with E-state index < -0.39 is 87.7 Å². The number of para-hydroxylation sites is 1. The van der Waals surface area contributed by atoms with Gasteiger partial charge in [0.05, 0.1) is 58.0 Å². The Kier molecular flexibility index (Phi) is 14.4. The molecule has 12 rings (SSSR count). The molecule has 7 aliphatic rings. The number of sulfonamides is 1. The lowest BCUT2D eigenvalue weighted by Crippen LogP contribution is -2.56. The van der Waals surface area contributed by atoms with E-state index >= 15 is 4.39 Å². The molecule has 2 aliphatic carbocycles. The number of hydrogen-bond donors (Lipinski definition) is 5. The smallest absolute Gasteiger partial charge is 0.489 e. The van der Waals surface area contributed by atoms with Crippen molar-refractivity contribution in [2.24, 2.45) is 5.41 Å². The van der Waals surface area contributed by atoms with Crippen molar-refractivity contribution in [2.45, 2.75) is 124 Å². The number of aromatic nitrogens is 2. The minimum Gasteiger partial charge on any atom is -0.489 e. The maximum absolute atomic E-state index is 16.6. The van der Waals surface area contributed by atoms with Crippen LogP contribution in [0.5, 0.6) is 17.4 Å². The number of nitro benzene ring substituents is 1. The van der Waals surface area contributed by atoms with Crippen LogP contribution in [-0.2, 0) is 28.6 Å². The Balaban J connectivity index is 0.815. The lowest BCUT2D eigenvalue weighted by Gasteiger charge is -2.56. The highest BCUT2D eigenvalue weighted by Gasteiger charge is 2.52. The average molecular weight is 1190 g/mol. The Hall–Kier alpha value is -6.32. The van der Waals surface area contributed by atoms with E-state index in [-0.39, 0.29) is 79.0 Å². The van der Waals surface area contributed by atoms with Crippen molar-refractivity contribution in [2.75, 3.05) is 67.8 Å². The van der Waals surface area contributed by atoms with E-state index in [0.29, 0.717) is 61.9 Å². The molecule has 28 heteroatoms. The van der Waals surface area contributed by atoms with Crippen molar-refractivity contribution in [3.8, 4) is 17.4 Å². The number of hydrogen-bond acceptors (Lipinski definition) is 17. The fourth-order valence-corrected chi connectivity index (χ4v) is 15.1. The number of phosphoric acid groups is 1. The molecule has 0 bridgehead atoms. The quantitative estimate of drug-likeness (QED) is 0.0338. The molecule has 440 valence electrons. The number of carbonyl (C=O) groups is 1. The number of nitro groups is 1. The van der Waals surface area contributed by atoms with E-state index in [1.807, 2.05) is 23.1 Å². The van der Waals surface area contributed by atoms with Crippen LogP contribution in [0.2, 0.25) is 0 Å². The molecule has 5 aromatic rings. The van der Waals surface area contributed by atoms with Crippen molar-refractivity contribution in [1.29, 1.82) is 0 Å². The second-order valence-electron chi connectivity index (χ2n) is 22.8. The highest BCUT2D eigenvalue weighted by molar-refractivity contribution is 7.90. The third-order valence-corrected chi connectivity index (χ3v) is 19.6. The normalized spacial score (nSPS) is 26.9. The molecular formula is C54H61F4N8O14PS. The number of nitrogens with one attached hydrogen (secondary N) is 3. The summed E-state index contributed by atoms with van der Waals surface area (Å²) < 4.78 is 134. The van der Waals surface area contributed by atoms with Gasteiger partial charge in [-0.3, -0.25) is 24.3 Å². The number of benzene rings is 3. The van der Waals surface area contributed by atoms with Crippen LogP contribution >= 0.6 is 7.82 Å². The summed E-state index contributed by atoms with van der Waals surface area (Å²) >= 11 is 0. The molecule has 1 spiro atoms. The summed E-state index contributed by atoms with van der Waals surface area (Å²) in [7, 11) is -9.82. The number of carbonyl (C=O) groups excluding carboxylic acids is 1. The molecule has 0 radical (unpaired) electrons. The first-order valence-corrected chi connectivity index (χ1v) is 30.3. The van der Waals surface area contributed by atoms with Crippen LogP contribution in [0.4, 0.5) is 46.0 Å². The second kappa shape index (κ2) is 21.1. The Bertz CT molecular complexity index is 3460. The molecule has 5 aliphatic heterocycles. The largest absolute Gasteiger partial charge is 0.573 e. The summed E-state index contributed by atoms with van der Waals surface area (Å²) in [6.45, 7) is 4.25. The van der Waals surface area contributed by atoms with E-state index in [2.05, 4.69) is 29.6 Å². The molecule has 5 fully saturated rings. The van der Waals surface area contributed by atoms with Gasteiger partial charge in [-0.05, 0) is 113 Å². The molecule has 4 atom stereocenters. The number of aromatic amines is 1. The van der Waals surface area contributed by atoms with Gasteiger partial charge in [-0.1, -0.05) is 18.2 Å². The van der Waals surface area contributed by atoms with Crippen molar-refractivity contribution in [3.63, 3.8) is 0 Å². The van der Waals surface area contributed by atoms with E-state index in [9.17, 15) is 50.8 Å². The number of halogens is 4. The van der Waals surface area contributed by atoms with E-state index in [0.717, 1.165) is 55.3 Å². The van der Waals surface area contributed by atoms with Gasteiger partial charge in [0.15, 0.2) is 11.4 Å². The molecule has 1 amide bonds.